The lowest BCUT2D eigenvalue weighted by molar-refractivity contribution is -0.154. The summed E-state index contributed by atoms with van der Waals surface area (Å²) in [5, 5.41) is 18.3. The summed E-state index contributed by atoms with van der Waals surface area (Å²) < 4.78 is 33.2. The van der Waals surface area contributed by atoms with Crippen molar-refractivity contribution >= 4 is 13.8 Å². The van der Waals surface area contributed by atoms with Crippen molar-refractivity contribution in [3.05, 3.63) is 72.9 Å². The first-order chi connectivity index (χ1) is 25.3. The van der Waals surface area contributed by atoms with E-state index in [2.05, 4.69) is 86.8 Å². The third kappa shape index (κ3) is 37.7. The van der Waals surface area contributed by atoms with E-state index in [4.69, 9.17) is 23.6 Å². The molecule has 0 aromatic rings. The van der Waals surface area contributed by atoms with Gasteiger partial charge in [-0.15, -0.1) is 0 Å². The van der Waals surface area contributed by atoms with Crippen LogP contribution in [0.4, 0.5) is 0 Å². The van der Waals surface area contributed by atoms with Gasteiger partial charge >= 0.3 is 13.8 Å². The maximum atomic E-state index is 12.6. The summed E-state index contributed by atoms with van der Waals surface area (Å²) >= 11 is 0. The van der Waals surface area contributed by atoms with E-state index < -0.39 is 45.8 Å². The number of carbonyl (C=O) groups excluding carboxylic acids is 1. The Balaban J connectivity index is 4.31. The number of phosphoric ester groups is 1. The van der Waals surface area contributed by atoms with Crippen LogP contribution in [-0.4, -0.2) is 66.3 Å². The number of aliphatic hydroxyl groups is 2. The maximum absolute atomic E-state index is 12.6. The predicted molar refractivity (Wildman–Crippen MR) is 214 cm³/mol. The van der Waals surface area contributed by atoms with Crippen LogP contribution in [-0.2, 0) is 27.9 Å². The van der Waals surface area contributed by atoms with Crippen molar-refractivity contribution in [1.82, 2.24) is 0 Å². The topological polar surface area (TPSA) is 132 Å². The Kier molecular flexibility index (Phi) is 37.1. The molecule has 10 heteroatoms. The van der Waals surface area contributed by atoms with Crippen LogP contribution in [0.25, 0.3) is 0 Å². The molecule has 300 valence electrons. The molecular weight excluding hydrogens is 679 g/mol. The highest BCUT2D eigenvalue weighted by Gasteiger charge is 2.26. The monoisotopic (exact) mass is 752 g/mol. The Morgan fingerprint density at radius 2 is 1.10 bits per heavy atom. The van der Waals surface area contributed by atoms with Gasteiger partial charge in [-0.1, -0.05) is 132 Å². The summed E-state index contributed by atoms with van der Waals surface area (Å²) in [6.07, 6.45) is 44.3. The Bertz CT molecular complexity index is 1030. The van der Waals surface area contributed by atoms with Crippen LogP contribution in [0.3, 0.4) is 0 Å². The standard InChI is InChI=1S/C42H73O9P/c1-3-5-7-9-11-13-15-17-18-19-20-21-22-23-24-26-28-30-32-34-42(45)51-41(39-50-52(46,47)49-37-40(44)36-43)38-48-35-33-31-29-27-25-16-14-12-10-8-6-4-2/h5,7,10-13,17-18,20-21,23-24,40-41,43-44H,3-4,6,8-9,14-16,19,22,25-39H2,1-2H3,(H,46,47)/b7-5-,12-10-,13-11-,18-17-,21-20-,24-23-. The van der Waals surface area contributed by atoms with Gasteiger partial charge in [0, 0.05) is 13.0 Å². The molecule has 0 aliphatic rings. The molecule has 0 aromatic carbocycles. The van der Waals surface area contributed by atoms with Gasteiger partial charge in [-0.05, 0) is 77.0 Å². The maximum Gasteiger partial charge on any atom is 0.472 e. The fourth-order valence-electron chi connectivity index (χ4n) is 4.83. The molecule has 0 aliphatic heterocycles. The van der Waals surface area contributed by atoms with Crippen molar-refractivity contribution in [1.29, 1.82) is 0 Å². The highest BCUT2D eigenvalue weighted by atomic mass is 31.2. The second-order valence-corrected chi connectivity index (χ2v) is 14.4. The highest BCUT2D eigenvalue weighted by molar-refractivity contribution is 7.47. The summed E-state index contributed by atoms with van der Waals surface area (Å²) in [5.41, 5.74) is 0. The zero-order chi connectivity index (χ0) is 38.2. The molecule has 0 heterocycles. The van der Waals surface area contributed by atoms with E-state index in [-0.39, 0.29) is 13.0 Å². The molecule has 9 nitrogen and oxygen atoms in total. The molecule has 3 atom stereocenters. The third-order valence-electron chi connectivity index (χ3n) is 7.88. The fraction of sp³-hybridized carbons (Fsp3) is 0.690. The van der Waals surface area contributed by atoms with E-state index in [1.165, 1.54) is 38.5 Å². The Labute approximate surface area is 316 Å². The van der Waals surface area contributed by atoms with Crippen LogP contribution in [0.5, 0.6) is 0 Å². The Hall–Kier alpha value is -2.10. The lowest BCUT2D eigenvalue weighted by atomic mass is 10.1. The van der Waals surface area contributed by atoms with E-state index >= 15 is 0 Å². The zero-order valence-corrected chi connectivity index (χ0v) is 33.4. The number of ether oxygens (including phenoxy) is 2. The number of esters is 1. The van der Waals surface area contributed by atoms with E-state index in [9.17, 15) is 19.4 Å². The molecular formula is C42H73O9P. The molecule has 0 bridgehead atoms. The molecule has 0 rings (SSSR count). The van der Waals surface area contributed by atoms with Crippen molar-refractivity contribution in [2.24, 2.45) is 0 Å². The zero-order valence-electron chi connectivity index (χ0n) is 32.5. The van der Waals surface area contributed by atoms with Crippen molar-refractivity contribution < 1.29 is 43.0 Å². The van der Waals surface area contributed by atoms with Crippen LogP contribution in [0.15, 0.2) is 72.9 Å². The molecule has 0 amide bonds. The molecule has 0 spiro atoms. The average molecular weight is 753 g/mol. The highest BCUT2D eigenvalue weighted by Crippen LogP contribution is 2.43. The van der Waals surface area contributed by atoms with Crippen LogP contribution < -0.4 is 0 Å². The molecule has 0 aromatic heterocycles. The molecule has 3 N–H and O–H groups in total. The average Bonchev–Trinajstić information content (AvgIpc) is 3.13. The summed E-state index contributed by atoms with van der Waals surface area (Å²) in [6.45, 7) is 3.28. The lowest BCUT2D eigenvalue weighted by Crippen LogP contribution is -2.29. The number of hydrogen-bond donors (Lipinski definition) is 3. The quantitative estimate of drug-likeness (QED) is 0.0245. The number of unbranched alkanes of at least 4 members (excludes halogenated alkanes) is 11. The SMILES string of the molecule is CC/C=C\C/C=C\C/C=C\C/C=C\C/C=C\CCCCCC(=O)OC(COCCCCCCCC/C=C\CCCC)COP(=O)(O)OCC(O)CO. The van der Waals surface area contributed by atoms with Crippen LogP contribution in [0, 0.1) is 0 Å². The lowest BCUT2D eigenvalue weighted by Gasteiger charge is -2.20. The van der Waals surface area contributed by atoms with Gasteiger partial charge in [0.1, 0.15) is 12.2 Å². The number of phosphoric acid groups is 1. The van der Waals surface area contributed by atoms with Gasteiger partial charge in [-0.2, -0.15) is 0 Å². The second-order valence-electron chi connectivity index (χ2n) is 12.9. The first-order valence-electron chi connectivity index (χ1n) is 19.9. The van der Waals surface area contributed by atoms with Gasteiger partial charge < -0.3 is 24.6 Å². The molecule has 3 unspecified atom stereocenters. The first kappa shape index (κ1) is 49.9. The van der Waals surface area contributed by atoms with Gasteiger partial charge in [-0.25, -0.2) is 4.57 Å². The minimum atomic E-state index is -4.53. The van der Waals surface area contributed by atoms with Gasteiger partial charge in [-0.3, -0.25) is 13.8 Å². The van der Waals surface area contributed by atoms with Crippen LogP contribution in [0.1, 0.15) is 142 Å². The number of hydrogen-bond acceptors (Lipinski definition) is 8. The summed E-state index contributed by atoms with van der Waals surface area (Å²) in [6, 6.07) is 0. The van der Waals surface area contributed by atoms with Gasteiger partial charge in [0.2, 0.25) is 0 Å². The van der Waals surface area contributed by atoms with Crippen molar-refractivity contribution in [3.8, 4) is 0 Å². The molecule has 0 radical (unpaired) electrons. The van der Waals surface area contributed by atoms with Gasteiger partial charge in [0.25, 0.3) is 0 Å². The van der Waals surface area contributed by atoms with Crippen LogP contribution in [0.2, 0.25) is 0 Å². The predicted octanol–water partition coefficient (Wildman–Crippen LogP) is 10.6. The molecule has 0 saturated heterocycles. The third-order valence-corrected chi connectivity index (χ3v) is 8.83. The normalized spacial score (nSPS) is 14.9. The Morgan fingerprint density at radius 3 is 1.67 bits per heavy atom. The Morgan fingerprint density at radius 1 is 0.615 bits per heavy atom. The molecule has 0 fully saturated rings. The van der Waals surface area contributed by atoms with Gasteiger partial charge in [0.05, 0.1) is 26.4 Å². The van der Waals surface area contributed by atoms with E-state index in [1.54, 1.807) is 0 Å². The van der Waals surface area contributed by atoms with Crippen molar-refractivity contribution in [2.75, 3.05) is 33.0 Å². The fourth-order valence-corrected chi connectivity index (χ4v) is 5.62. The van der Waals surface area contributed by atoms with E-state index in [1.807, 2.05) is 0 Å². The number of allylic oxidation sites excluding steroid dienone is 12. The summed E-state index contributed by atoms with van der Waals surface area (Å²) in [4.78, 5) is 22.5. The van der Waals surface area contributed by atoms with Crippen molar-refractivity contribution in [3.63, 3.8) is 0 Å². The van der Waals surface area contributed by atoms with Crippen molar-refractivity contribution in [2.45, 2.75) is 154 Å². The molecule has 0 saturated carbocycles. The number of carbonyl (C=O) groups is 1. The second kappa shape index (κ2) is 38.6. The van der Waals surface area contributed by atoms with Crippen LogP contribution >= 0.6 is 7.82 Å². The number of rotatable bonds is 37. The smallest absolute Gasteiger partial charge is 0.457 e. The van der Waals surface area contributed by atoms with E-state index in [0.717, 1.165) is 77.0 Å². The van der Waals surface area contributed by atoms with Gasteiger partial charge in [0.15, 0.2) is 0 Å². The molecule has 52 heavy (non-hydrogen) atoms. The first-order valence-corrected chi connectivity index (χ1v) is 21.4. The largest absolute Gasteiger partial charge is 0.472 e. The minimum absolute atomic E-state index is 0.0272. The number of aliphatic hydroxyl groups excluding tert-OH is 2. The minimum Gasteiger partial charge on any atom is -0.457 e. The summed E-state index contributed by atoms with van der Waals surface area (Å²) in [5.74, 6) is -0.420. The summed E-state index contributed by atoms with van der Waals surface area (Å²) in [7, 11) is -4.53. The van der Waals surface area contributed by atoms with E-state index in [0.29, 0.717) is 13.0 Å². The molecule has 0 aliphatic carbocycles.